The average molecular weight is 379 g/mol. The monoisotopic (exact) mass is 379 g/mol. The van der Waals surface area contributed by atoms with Gasteiger partial charge in [0.2, 0.25) is 5.91 Å². The molecule has 6 heteroatoms. The number of aromatic nitrogens is 2. The SMILES string of the molecule is O=C(CSc1nc2ccccc2c(=O)n1-c1ccccc1)N1CCCCC1. The number of carbonyl (C=O) groups is 1. The van der Waals surface area contributed by atoms with E-state index in [0.29, 0.717) is 16.1 Å². The Bertz CT molecular complexity index is 1010. The van der Waals surface area contributed by atoms with E-state index in [1.165, 1.54) is 18.2 Å². The largest absolute Gasteiger partial charge is 0.342 e. The number of amides is 1. The van der Waals surface area contributed by atoms with Gasteiger partial charge in [-0.25, -0.2) is 4.98 Å². The number of carbonyl (C=O) groups excluding carboxylic acids is 1. The smallest absolute Gasteiger partial charge is 0.266 e. The highest BCUT2D eigenvalue weighted by Crippen LogP contribution is 2.22. The van der Waals surface area contributed by atoms with Gasteiger partial charge in [-0.15, -0.1) is 0 Å². The Morgan fingerprint density at radius 3 is 2.44 bits per heavy atom. The van der Waals surface area contributed by atoms with Crippen LogP contribution in [0, 0.1) is 0 Å². The molecule has 1 aliphatic rings. The third-order valence-corrected chi connectivity index (χ3v) is 5.72. The van der Waals surface area contributed by atoms with Gasteiger partial charge in [0.05, 0.1) is 22.3 Å². The summed E-state index contributed by atoms with van der Waals surface area (Å²) < 4.78 is 1.61. The van der Waals surface area contributed by atoms with Gasteiger partial charge >= 0.3 is 0 Å². The van der Waals surface area contributed by atoms with Crippen LogP contribution >= 0.6 is 11.8 Å². The summed E-state index contributed by atoms with van der Waals surface area (Å²) in [6, 6.07) is 16.8. The molecule has 27 heavy (non-hydrogen) atoms. The Morgan fingerprint density at radius 2 is 1.67 bits per heavy atom. The molecule has 0 atom stereocenters. The molecule has 2 aromatic carbocycles. The van der Waals surface area contributed by atoms with E-state index in [-0.39, 0.29) is 17.2 Å². The number of para-hydroxylation sites is 2. The molecule has 0 bridgehead atoms. The minimum Gasteiger partial charge on any atom is -0.342 e. The second-order valence-electron chi connectivity index (χ2n) is 6.62. The molecule has 1 amide bonds. The molecule has 5 nitrogen and oxygen atoms in total. The van der Waals surface area contributed by atoms with Crippen LogP contribution in [0.5, 0.6) is 0 Å². The molecule has 1 aromatic heterocycles. The lowest BCUT2D eigenvalue weighted by atomic mass is 10.1. The van der Waals surface area contributed by atoms with Gasteiger partial charge in [0.15, 0.2) is 5.16 Å². The van der Waals surface area contributed by atoms with Crippen LogP contribution in [0.1, 0.15) is 19.3 Å². The molecule has 1 fully saturated rings. The number of piperidine rings is 1. The standard InChI is InChI=1S/C21H21N3O2S/c25-19(23-13-7-2-8-14-23)15-27-21-22-18-12-6-5-11-17(18)20(26)24(21)16-9-3-1-4-10-16/h1,3-6,9-12H,2,7-8,13-15H2. The van der Waals surface area contributed by atoms with E-state index in [4.69, 9.17) is 0 Å². The van der Waals surface area contributed by atoms with Crippen molar-refractivity contribution in [2.75, 3.05) is 18.8 Å². The zero-order valence-electron chi connectivity index (χ0n) is 15.0. The van der Waals surface area contributed by atoms with Gasteiger partial charge in [0, 0.05) is 13.1 Å². The van der Waals surface area contributed by atoms with Gasteiger partial charge in [0.25, 0.3) is 5.56 Å². The van der Waals surface area contributed by atoms with Crippen molar-refractivity contribution in [1.29, 1.82) is 0 Å². The molecule has 0 N–H and O–H groups in total. The fourth-order valence-electron chi connectivity index (χ4n) is 3.37. The summed E-state index contributed by atoms with van der Waals surface area (Å²) in [5.74, 6) is 0.402. The van der Waals surface area contributed by atoms with Crippen LogP contribution in [0.3, 0.4) is 0 Å². The first-order valence-electron chi connectivity index (χ1n) is 9.22. The summed E-state index contributed by atoms with van der Waals surface area (Å²) in [5.41, 5.74) is 1.30. The van der Waals surface area contributed by atoms with Gasteiger partial charge in [-0.05, 0) is 43.5 Å². The lowest BCUT2D eigenvalue weighted by molar-refractivity contribution is -0.129. The van der Waals surface area contributed by atoms with Crippen LogP contribution in [0.25, 0.3) is 16.6 Å². The molecule has 0 saturated carbocycles. The van der Waals surface area contributed by atoms with Crippen molar-refractivity contribution < 1.29 is 4.79 Å². The summed E-state index contributed by atoms with van der Waals surface area (Å²) in [5, 5.41) is 1.13. The summed E-state index contributed by atoms with van der Waals surface area (Å²) >= 11 is 1.33. The zero-order valence-corrected chi connectivity index (χ0v) is 15.8. The Morgan fingerprint density at radius 1 is 0.963 bits per heavy atom. The number of thioether (sulfide) groups is 1. The Kier molecular flexibility index (Phi) is 5.25. The van der Waals surface area contributed by atoms with Crippen LogP contribution in [0.2, 0.25) is 0 Å². The predicted molar refractivity (Wildman–Crippen MR) is 108 cm³/mol. The molecular weight excluding hydrogens is 358 g/mol. The number of fused-ring (bicyclic) bond motifs is 1. The van der Waals surface area contributed by atoms with E-state index in [9.17, 15) is 9.59 Å². The third kappa shape index (κ3) is 3.76. The molecule has 0 aliphatic carbocycles. The van der Waals surface area contributed by atoms with Crippen LogP contribution < -0.4 is 5.56 Å². The molecule has 1 aliphatic heterocycles. The maximum absolute atomic E-state index is 13.1. The van der Waals surface area contributed by atoms with E-state index in [0.717, 1.165) is 31.6 Å². The number of hydrogen-bond acceptors (Lipinski definition) is 4. The minimum absolute atomic E-state index is 0.111. The molecule has 2 heterocycles. The van der Waals surface area contributed by atoms with Crippen LogP contribution in [-0.4, -0.2) is 39.2 Å². The zero-order chi connectivity index (χ0) is 18.6. The average Bonchev–Trinajstić information content (AvgIpc) is 2.73. The highest BCUT2D eigenvalue weighted by atomic mass is 32.2. The highest BCUT2D eigenvalue weighted by Gasteiger charge is 2.19. The van der Waals surface area contributed by atoms with E-state index < -0.39 is 0 Å². The van der Waals surface area contributed by atoms with Crippen molar-refractivity contribution in [2.24, 2.45) is 0 Å². The highest BCUT2D eigenvalue weighted by molar-refractivity contribution is 7.99. The third-order valence-electron chi connectivity index (χ3n) is 4.79. The summed E-state index contributed by atoms with van der Waals surface area (Å²) in [6.07, 6.45) is 3.33. The first-order valence-corrected chi connectivity index (χ1v) is 10.2. The van der Waals surface area contributed by atoms with Gasteiger partial charge < -0.3 is 4.90 Å². The number of nitrogens with zero attached hydrogens (tertiary/aromatic N) is 3. The first kappa shape index (κ1) is 17.8. The fraction of sp³-hybridized carbons (Fsp3) is 0.286. The maximum Gasteiger partial charge on any atom is 0.266 e. The number of hydrogen-bond donors (Lipinski definition) is 0. The van der Waals surface area contributed by atoms with Crippen molar-refractivity contribution in [3.05, 3.63) is 65.0 Å². The van der Waals surface area contributed by atoms with E-state index in [1.54, 1.807) is 10.6 Å². The Labute approximate surface area is 162 Å². The lowest BCUT2D eigenvalue weighted by Crippen LogP contribution is -2.36. The maximum atomic E-state index is 13.1. The van der Waals surface area contributed by atoms with Crippen LogP contribution in [-0.2, 0) is 4.79 Å². The summed E-state index contributed by atoms with van der Waals surface area (Å²) in [4.78, 5) is 32.3. The van der Waals surface area contributed by atoms with Gasteiger partial charge in [-0.2, -0.15) is 0 Å². The first-order chi connectivity index (χ1) is 13.2. The molecule has 3 aromatic rings. The molecule has 138 valence electrons. The quantitative estimate of drug-likeness (QED) is 0.514. The molecular formula is C21H21N3O2S. The van der Waals surface area contributed by atoms with Crippen LogP contribution in [0.15, 0.2) is 64.5 Å². The molecule has 0 radical (unpaired) electrons. The Balaban J connectivity index is 1.70. The second kappa shape index (κ2) is 7.96. The van der Waals surface area contributed by atoms with Gasteiger partial charge in [-0.1, -0.05) is 42.1 Å². The van der Waals surface area contributed by atoms with Crippen molar-refractivity contribution >= 4 is 28.6 Å². The van der Waals surface area contributed by atoms with Crippen molar-refractivity contribution in [1.82, 2.24) is 14.5 Å². The second-order valence-corrected chi connectivity index (χ2v) is 7.56. The van der Waals surface area contributed by atoms with Gasteiger partial charge in [-0.3, -0.25) is 14.2 Å². The van der Waals surface area contributed by atoms with Gasteiger partial charge in [0.1, 0.15) is 0 Å². The summed E-state index contributed by atoms with van der Waals surface area (Å²) in [6.45, 7) is 1.66. The number of benzene rings is 2. The van der Waals surface area contributed by atoms with Crippen molar-refractivity contribution in [3.8, 4) is 5.69 Å². The number of rotatable bonds is 4. The summed E-state index contributed by atoms with van der Waals surface area (Å²) in [7, 11) is 0. The number of likely N-dealkylation sites (tertiary alicyclic amines) is 1. The van der Waals surface area contributed by atoms with E-state index >= 15 is 0 Å². The van der Waals surface area contributed by atoms with Crippen molar-refractivity contribution in [3.63, 3.8) is 0 Å². The molecule has 0 spiro atoms. The van der Waals surface area contributed by atoms with E-state index in [2.05, 4.69) is 4.98 Å². The minimum atomic E-state index is -0.111. The fourth-order valence-corrected chi connectivity index (χ4v) is 4.29. The molecule has 0 unspecified atom stereocenters. The van der Waals surface area contributed by atoms with E-state index in [1.807, 2.05) is 53.4 Å². The normalized spacial score (nSPS) is 14.4. The molecule has 1 saturated heterocycles. The predicted octanol–water partition coefficient (Wildman–Crippen LogP) is 3.49. The van der Waals surface area contributed by atoms with Crippen molar-refractivity contribution in [2.45, 2.75) is 24.4 Å². The van der Waals surface area contributed by atoms with Crippen LogP contribution in [0.4, 0.5) is 0 Å². The topological polar surface area (TPSA) is 55.2 Å². The Hall–Kier alpha value is -2.60. The lowest BCUT2D eigenvalue weighted by Gasteiger charge is -2.26. The molecule has 4 rings (SSSR count).